The average molecular weight is 493 g/mol. The first-order chi connectivity index (χ1) is 17.1. The van der Waals surface area contributed by atoms with Crippen molar-refractivity contribution in [3.63, 3.8) is 0 Å². The van der Waals surface area contributed by atoms with Gasteiger partial charge in [0, 0.05) is 71.8 Å². The number of anilines is 2. The van der Waals surface area contributed by atoms with Crippen LogP contribution in [0, 0.1) is 6.92 Å². The molecule has 0 fully saturated rings. The molecule has 0 bridgehead atoms. The van der Waals surface area contributed by atoms with Gasteiger partial charge in [-0.15, -0.1) is 11.6 Å². The molecule has 0 spiro atoms. The SMILES string of the molecule is CCCCNc1ccc2c(c1)Oc1cc(NCCCCl)ccc1C2(OC)c1ccc(C)cc1C=O. The summed E-state index contributed by atoms with van der Waals surface area (Å²) in [6.45, 7) is 5.82. The highest BCUT2D eigenvalue weighted by Crippen LogP contribution is 2.53. The first-order valence-corrected chi connectivity index (χ1v) is 12.7. The molecule has 1 aliphatic rings. The zero-order valence-electron chi connectivity index (χ0n) is 20.6. The van der Waals surface area contributed by atoms with Crippen LogP contribution in [0.15, 0.2) is 54.6 Å². The van der Waals surface area contributed by atoms with E-state index in [1.54, 1.807) is 7.11 Å². The lowest BCUT2D eigenvalue weighted by Gasteiger charge is -2.40. The Hall–Kier alpha value is -3.02. The molecule has 1 atom stereocenters. The van der Waals surface area contributed by atoms with Crippen molar-refractivity contribution in [1.82, 2.24) is 0 Å². The smallest absolute Gasteiger partial charge is 0.151 e. The van der Waals surface area contributed by atoms with Crippen LogP contribution in [0.3, 0.4) is 0 Å². The number of benzene rings is 3. The largest absolute Gasteiger partial charge is 0.456 e. The molecule has 0 radical (unpaired) electrons. The predicted octanol–water partition coefficient (Wildman–Crippen LogP) is 7.10. The van der Waals surface area contributed by atoms with Crippen molar-refractivity contribution in [2.45, 2.75) is 38.7 Å². The molecule has 3 aromatic rings. The molecule has 35 heavy (non-hydrogen) atoms. The van der Waals surface area contributed by atoms with E-state index in [2.05, 4.69) is 17.6 Å². The highest BCUT2D eigenvalue weighted by Gasteiger charge is 2.45. The van der Waals surface area contributed by atoms with Crippen LogP contribution in [-0.4, -0.2) is 32.4 Å². The Bertz CT molecular complexity index is 1140. The maximum absolute atomic E-state index is 12.2. The van der Waals surface area contributed by atoms with Crippen LogP contribution in [0.2, 0.25) is 0 Å². The summed E-state index contributed by atoms with van der Waals surface area (Å²) in [5, 5.41) is 6.89. The van der Waals surface area contributed by atoms with Crippen molar-refractivity contribution in [2.75, 3.05) is 36.7 Å². The van der Waals surface area contributed by atoms with E-state index in [1.807, 2.05) is 61.5 Å². The molecule has 1 heterocycles. The van der Waals surface area contributed by atoms with Gasteiger partial charge in [0.25, 0.3) is 0 Å². The summed E-state index contributed by atoms with van der Waals surface area (Å²) in [5.41, 5.74) is 5.06. The summed E-state index contributed by atoms with van der Waals surface area (Å²) in [6.07, 6.45) is 3.98. The second-order valence-electron chi connectivity index (χ2n) is 8.87. The highest BCUT2D eigenvalue weighted by atomic mass is 35.5. The van der Waals surface area contributed by atoms with Crippen LogP contribution in [0.25, 0.3) is 0 Å². The lowest BCUT2D eigenvalue weighted by atomic mass is 9.75. The minimum Gasteiger partial charge on any atom is -0.456 e. The third kappa shape index (κ3) is 4.89. The fourth-order valence-corrected chi connectivity index (χ4v) is 4.84. The van der Waals surface area contributed by atoms with Gasteiger partial charge in [-0.25, -0.2) is 0 Å². The number of fused-ring (bicyclic) bond motifs is 2. The number of aldehydes is 1. The second-order valence-corrected chi connectivity index (χ2v) is 9.25. The number of ether oxygens (including phenoxy) is 2. The van der Waals surface area contributed by atoms with Gasteiger partial charge in [-0.05, 0) is 50.1 Å². The fourth-order valence-electron chi connectivity index (χ4n) is 4.71. The van der Waals surface area contributed by atoms with Crippen molar-refractivity contribution in [1.29, 1.82) is 0 Å². The van der Waals surface area contributed by atoms with Gasteiger partial charge in [-0.3, -0.25) is 4.79 Å². The number of methoxy groups -OCH3 is 1. The van der Waals surface area contributed by atoms with Gasteiger partial charge >= 0.3 is 0 Å². The predicted molar refractivity (Wildman–Crippen MR) is 144 cm³/mol. The van der Waals surface area contributed by atoms with Crippen LogP contribution in [-0.2, 0) is 10.3 Å². The van der Waals surface area contributed by atoms with Crippen LogP contribution >= 0.6 is 11.6 Å². The number of carbonyl (C=O) groups is 1. The monoisotopic (exact) mass is 492 g/mol. The van der Waals surface area contributed by atoms with Crippen molar-refractivity contribution >= 4 is 29.3 Å². The molecule has 0 saturated carbocycles. The minimum absolute atomic E-state index is 0.597. The Morgan fingerprint density at radius 3 is 2.06 bits per heavy atom. The maximum Gasteiger partial charge on any atom is 0.151 e. The second kappa shape index (κ2) is 11.1. The molecule has 6 heteroatoms. The van der Waals surface area contributed by atoms with Gasteiger partial charge in [0.15, 0.2) is 5.60 Å². The van der Waals surface area contributed by atoms with E-state index < -0.39 is 5.60 Å². The standard InChI is InChI=1S/C29H33ClN2O3/c1-4-5-14-31-22-8-11-25-27(17-22)35-28-18-23(32-15-6-13-30)9-12-26(28)29(25,34-3)24-10-7-20(2)16-21(24)19-33/h7-12,16-19,31-32H,4-6,13-15H2,1-3H3. The molecular weight excluding hydrogens is 460 g/mol. The fraction of sp³-hybridized carbons (Fsp3) is 0.345. The van der Waals surface area contributed by atoms with E-state index in [4.69, 9.17) is 21.1 Å². The van der Waals surface area contributed by atoms with Gasteiger partial charge in [-0.1, -0.05) is 31.0 Å². The zero-order valence-corrected chi connectivity index (χ0v) is 21.4. The molecule has 0 saturated heterocycles. The summed E-state index contributed by atoms with van der Waals surface area (Å²) in [7, 11) is 1.69. The molecule has 0 aliphatic carbocycles. The van der Waals surface area contributed by atoms with Crippen molar-refractivity contribution in [3.8, 4) is 11.5 Å². The van der Waals surface area contributed by atoms with Crippen LogP contribution in [0.4, 0.5) is 11.4 Å². The molecule has 1 aliphatic heterocycles. The zero-order chi connectivity index (χ0) is 24.8. The number of alkyl halides is 1. The number of rotatable bonds is 11. The van der Waals surface area contributed by atoms with Crippen molar-refractivity contribution < 1.29 is 14.3 Å². The topological polar surface area (TPSA) is 59.6 Å². The van der Waals surface area contributed by atoms with E-state index >= 15 is 0 Å². The van der Waals surface area contributed by atoms with E-state index in [1.165, 1.54) is 0 Å². The van der Waals surface area contributed by atoms with E-state index in [9.17, 15) is 4.79 Å². The summed E-state index contributed by atoms with van der Waals surface area (Å²) < 4.78 is 12.9. The normalized spacial score (nSPS) is 16.1. The van der Waals surface area contributed by atoms with Gasteiger partial charge in [0.2, 0.25) is 0 Å². The number of aryl methyl sites for hydroxylation is 1. The van der Waals surface area contributed by atoms with Gasteiger partial charge in [0.1, 0.15) is 17.8 Å². The molecule has 2 N–H and O–H groups in total. The van der Waals surface area contributed by atoms with Crippen LogP contribution in [0.1, 0.15) is 58.8 Å². The number of hydrogen-bond acceptors (Lipinski definition) is 5. The Morgan fingerprint density at radius 2 is 1.51 bits per heavy atom. The maximum atomic E-state index is 12.2. The third-order valence-corrected chi connectivity index (χ3v) is 6.73. The summed E-state index contributed by atoms with van der Waals surface area (Å²) in [5.74, 6) is 2.00. The molecule has 4 rings (SSSR count). The number of nitrogens with one attached hydrogen (secondary N) is 2. The Morgan fingerprint density at radius 1 is 0.914 bits per heavy atom. The molecule has 1 unspecified atom stereocenters. The lowest BCUT2D eigenvalue weighted by Crippen LogP contribution is -2.36. The highest BCUT2D eigenvalue weighted by molar-refractivity contribution is 6.17. The number of carbonyl (C=O) groups excluding carboxylic acids is 1. The lowest BCUT2D eigenvalue weighted by molar-refractivity contribution is 0.0492. The number of hydrogen-bond donors (Lipinski definition) is 2. The minimum atomic E-state index is -0.997. The Balaban J connectivity index is 1.89. The number of unbranched alkanes of at least 4 members (excludes halogenated alkanes) is 1. The number of halogens is 1. The van der Waals surface area contributed by atoms with E-state index in [0.717, 1.165) is 72.3 Å². The summed E-state index contributed by atoms with van der Waals surface area (Å²) >= 11 is 5.85. The van der Waals surface area contributed by atoms with Gasteiger partial charge < -0.3 is 20.1 Å². The summed E-state index contributed by atoms with van der Waals surface area (Å²) in [4.78, 5) is 12.2. The molecule has 0 amide bonds. The molecule has 0 aromatic heterocycles. The quantitative estimate of drug-likeness (QED) is 0.170. The van der Waals surface area contributed by atoms with E-state index in [-0.39, 0.29) is 0 Å². The molecule has 184 valence electrons. The molecular formula is C29H33ClN2O3. The van der Waals surface area contributed by atoms with Crippen molar-refractivity contribution in [3.05, 3.63) is 82.4 Å². The first-order valence-electron chi connectivity index (χ1n) is 12.2. The van der Waals surface area contributed by atoms with Crippen molar-refractivity contribution in [2.24, 2.45) is 0 Å². The van der Waals surface area contributed by atoms with Gasteiger partial charge in [0.05, 0.1) is 0 Å². The third-order valence-electron chi connectivity index (χ3n) is 6.46. The van der Waals surface area contributed by atoms with E-state index in [0.29, 0.717) is 22.9 Å². The van der Waals surface area contributed by atoms with Crippen LogP contribution < -0.4 is 15.4 Å². The molecule has 5 nitrogen and oxygen atoms in total. The Kier molecular flexibility index (Phi) is 7.99. The summed E-state index contributed by atoms with van der Waals surface area (Å²) in [6, 6.07) is 18.0. The van der Waals surface area contributed by atoms with Crippen LogP contribution in [0.5, 0.6) is 11.5 Å². The Labute approximate surface area is 212 Å². The molecule has 3 aromatic carbocycles. The first kappa shape index (κ1) is 25.1. The van der Waals surface area contributed by atoms with Gasteiger partial charge in [-0.2, -0.15) is 0 Å². The average Bonchev–Trinajstić information content (AvgIpc) is 2.87.